The topological polar surface area (TPSA) is 80.3 Å². The first-order valence-corrected chi connectivity index (χ1v) is 11.9. The Morgan fingerprint density at radius 1 is 1.14 bits per heavy atom. The minimum absolute atomic E-state index is 0.0509. The van der Waals surface area contributed by atoms with Crippen LogP contribution >= 0.6 is 0 Å². The maximum Gasteiger partial charge on any atom is 0.257 e. The van der Waals surface area contributed by atoms with E-state index in [1.54, 1.807) is 44.4 Å². The van der Waals surface area contributed by atoms with E-state index in [0.717, 1.165) is 17.9 Å². The van der Waals surface area contributed by atoms with Crippen LogP contribution in [0.3, 0.4) is 0 Å². The van der Waals surface area contributed by atoms with Crippen molar-refractivity contribution in [2.45, 2.75) is 39.5 Å². The average molecular weight is 484 g/mol. The summed E-state index contributed by atoms with van der Waals surface area (Å²) in [5.74, 6) is 1.11. The lowest BCUT2D eigenvalue weighted by molar-refractivity contribution is -0.114. The van der Waals surface area contributed by atoms with Crippen molar-refractivity contribution in [1.82, 2.24) is 9.80 Å². The molecule has 35 heavy (non-hydrogen) atoms. The molecule has 8 nitrogen and oxygen atoms in total. The van der Waals surface area contributed by atoms with Gasteiger partial charge >= 0.3 is 0 Å². The van der Waals surface area contributed by atoms with Crippen LogP contribution in [-0.4, -0.2) is 74.7 Å². The van der Waals surface area contributed by atoms with E-state index < -0.39 is 0 Å². The largest absolute Gasteiger partial charge is 0.496 e. The highest BCUT2D eigenvalue weighted by Crippen LogP contribution is 2.27. The Hall–Kier alpha value is -3.10. The molecule has 1 N–H and O–H groups in total. The van der Waals surface area contributed by atoms with Gasteiger partial charge in [0.15, 0.2) is 0 Å². The zero-order valence-corrected chi connectivity index (χ0v) is 21.5. The van der Waals surface area contributed by atoms with Crippen LogP contribution in [0, 0.1) is 5.92 Å². The molecule has 0 unspecified atom stereocenters. The van der Waals surface area contributed by atoms with E-state index in [1.165, 1.54) is 6.92 Å². The van der Waals surface area contributed by atoms with Crippen LogP contribution in [0.15, 0.2) is 42.5 Å². The third kappa shape index (κ3) is 6.74. The number of carbonyl (C=O) groups excluding carboxylic acids is 2. The molecule has 0 radical (unpaired) electrons. The molecule has 0 saturated carbocycles. The molecule has 0 saturated heterocycles. The summed E-state index contributed by atoms with van der Waals surface area (Å²) in [5, 5.41) is 2.75. The molecule has 1 aliphatic rings. The van der Waals surface area contributed by atoms with Crippen molar-refractivity contribution < 1.29 is 23.8 Å². The van der Waals surface area contributed by atoms with Gasteiger partial charge < -0.3 is 24.4 Å². The van der Waals surface area contributed by atoms with Gasteiger partial charge in [0, 0.05) is 58.0 Å². The summed E-state index contributed by atoms with van der Waals surface area (Å²) < 4.78 is 17.6. The fourth-order valence-electron chi connectivity index (χ4n) is 4.41. The number of likely N-dealkylation sites (N-methyl/N-ethyl adjacent to an activating group) is 1. The highest BCUT2D eigenvalue weighted by Gasteiger charge is 2.29. The Labute approximate surface area is 208 Å². The van der Waals surface area contributed by atoms with Gasteiger partial charge in [0.25, 0.3) is 5.91 Å². The number of nitrogens with zero attached hydrogens (tertiary/aromatic N) is 2. The molecule has 3 rings (SSSR count). The third-order valence-electron chi connectivity index (χ3n) is 6.46. The van der Waals surface area contributed by atoms with Crippen molar-refractivity contribution in [2.75, 3.05) is 46.3 Å². The van der Waals surface area contributed by atoms with Gasteiger partial charge in [0.2, 0.25) is 5.91 Å². The zero-order chi connectivity index (χ0) is 25.5. The molecule has 190 valence electrons. The van der Waals surface area contributed by atoms with Crippen LogP contribution in [0.4, 0.5) is 5.69 Å². The third-order valence-corrected chi connectivity index (χ3v) is 6.46. The molecule has 2 amide bonds. The number of methoxy groups -OCH3 is 2. The summed E-state index contributed by atoms with van der Waals surface area (Å²) in [6.45, 7) is 7.97. The maximum absolute atomic E-state index is 13.4. The number of ether oxygens (including phenoxy) is 3. The van der Waals surface area contributed by atoms with Gasteiger partial charge in [0.05, 0.1) is 18.8 Å². The fourth-order valence-corrected chi connectivity index (χ4v) is 4.41. The van der Waals surface area contributed by atoms with Crippen LogP contribution in [0.2, 0.25) is 0 Å². The molecule has 1 aliphatic heterocycles. The molecule has 0 aliphatic carbocycles. The number of amides is 2. The minimum Gasteiger partial charge on any atom is -0.496 e. The summed E-state index contributed by atoms with van der Waals surface area (Å²) in [6.07, 6.45) is -0.154. The molecule has 2 aromatic rings. The monoisotopic (exact) mass is 483 g/mol. The van der Waals surface area contributed by atoms with Gasteiger partial charge in [-0.05, 0) is 37.1 Å². The number of nitrogens with one attached hydrogen (secondary N) is 1. The number of fused-ring (bicyclic) bond motifs is 1. The molecule has 0 aromatic heterocycles. The normalized spacial score (nSPS) is 21.8. The molecule has 3 atom stereocenters. The van der Waals surface area contributed by atoms with E-state index in [-0.39, 0.29) is 29.9 Å². The SMILES string of the molecule is COc1ccccc1CN1C[C@H](C)[C@H](OC)CN(C)C(=O)c2cc(NC(C)=O)ccc2OC[C@H]1C. The maximum atomic E-state index is 13.4. The number of hydrogen-bond donors (Lipinski definition) is 1. The Kier molecular flexibility index (Phi) is 9.12. The summed E-state index contributed by atoms with van der Waals surface area (Å²) in [7, 11) is 5.13. The first-order valence-electron chi connectivity index (χ1n) is 11.9. The number of benzene rings is 2. The highest BCUT2D eigenvalue weighted by atomic mass is 16.5. The predicted molar refractivity (Wildman–Crippen MR) is 136 cm³/mol. The quantitative estimate of drug-likeness (QED) is 0.699. The van der Waals surface area contributed by atoms with E-state index in [2.05, 4.69) is 30.1 Å². The summed E-state index contributed by atoms with van der Waals surface area (Å²) in [6, 6.07) is 13.2. The summed E-state index contributed by atoms with van der Waals surface area (Å²) in [4.78, 5) is 28.9. The van der Waals surface area contributed by atoms with Crippen LogP contribution in [0.25, 0.3) is 0 Å². The highest BCUT2D eigenvalue weighted by molar-refractivity contribution is 5.99. The summed E-state index contributed by atoms with van der Waals surface area (Å²) >= 11 is 0. The van der Waals surface area contributed by atoms with Crippen molar-refractivity contribution in [3.8, 4) is 11.5 Å². The van der Waals surface area contributed by atoms with Crippen LogP contribution in [0.5, 0.6) is 11.5 Å². The Balaban J connectivity index is 1.96. The van der Waals surface area contributed by atoms with E-state index in [4.69, 9.17) is 14.2 Å². The zero-order valence-electron chi connectivity index (χ0n) is 21.5. The Morgan fingerprint density at radius 3 is 2.57 bits per heavy atom. The van der Waals surface area contributed by atoms with Crippen LogP contribution < -0.4 is 14.8 Å². The standard InChI is InChI=1S/C27H37N3O5/c1-18-14-30(15-21-9-7-8-10-24(21)33-5)19(2)17-35-25-12-11-22(28-20(3)31)13-23(25)27(32)29(4)16-26(18)34-6/h7-13,18-19,26H,14-17H2,1-6H3,(H,28,31)/t18-,19+,26+/m0/s1. The van der Waals surface area contributed by atoms with Gasteiger partial charge in [-0.2, -0.15) is 0 Å². The Bertz CT molecular complexity index is 1030. The number of rotatable bonds is 5. The first kappa shape index (κ1) is 26.5. The number of carbonyl (C=O) groups is 2. The van der Waals surface area contributed by atoms with Gasteiger partial charge in [-0.3, -0.25) is 14.5 Å². The molecular weight excluding hydrogens is 446 g/mol. The fraction of sp³-hybridized carbons (Fsp3) is 0.481. The molecule has 0 bridgehead atoms. The van der Waals surface area contributed by atoms with Gasteiger partial charge in [-0.25, -0.2) is 0 Å². The van der Waals surface area contributed by atoms with Crippen LogP contribution in [0.1, 0.15) is 36.7 Å². The lowest BCUT2D eigenvalue weighted by Crippen LogP contribution is -2.46. The molecule has 0 fully saturated rings. The van der Waals surface area contributed by atoms with Gasteiger partial charge in [-0.1, -0.05) is 25.1 Å². The van der Waals surface area contributed by atoms with Crippen molar-refractivity contribution in [3.05, 3.63) is 53.6 Å². The second-order valence-electron chi connectivity index (χ2n) is 9.23. The summed E-state index contributed by atoms with van der Waals surface area (Å²) in [5.41, 5.74) is 2.06. The van der Waals surface area contributed by atoms with Crippen molar-refractivity contribution in [2.24, 2.45) is 5.92 Å². The number of para-hydroxylation sites is 1. The molecule has 1 heterocycles. The van der Waals surface area contributed by atoms with Gasteiger partial charge in [0.1, 0.15) is 18.1 Å². The van der Waals surface area contributed by atoms with E-state index in [9.17, 15) is 9.59 Å². The van der Waals surface area contributed by atoms with Crippen LogP contribution in [-0.2, 0) is 16.1 Å². The van der Waals surface area contributed by atoms with E-state index in [0.29, 0.717) is 36.7 Å². The lowest BCUT2D eigenvalue weighted by Gasteiger charge is -2.36. The van der Waals surface area contributed by atoms with Crippen molar-refractivity contribution in [1.29, 1.82) is 0 Å². The molecule has 2 aromatic carbocycles. The van der Waals surface area contributed by atoms with E-state index in [1.807, 2.05) is 18.2 Å². The smallest absolute Gasteiger partial charge is 0.257 e. The van der Waals surface area contributed by atoms with Gasteiger partial charge in [-0.15, -0.1) is 0 Å². The molecule has 0 spiro atoms. The molecular formula is C27H37N3O5. The molecule has 8 heteroatoms. The number of hydrogen-bond acceptors (Lipinski definition) is 6. The van der Waals surface area contributed by atoms with Crippen molar-refractivity contribution >= 4 is 17.5 Å². The van der Waals surface area contributed by atoms with E-state index >= 15 is 0 Å². The Morgan fingerprint density at radius 2 is 1.89 bits per heavy atom. The predicted octanol–water partition coefficient (Wildman–Crippen LogP) is 3.66. The number of anilines is 1. The lowest BCUT2D eigenvalue weighted by atomic mass is 10.0. The average Bonchev–Trinajstić information content (AvgIpc) is 2.84. The second kappa shape index (κ2) is 12.0. The van der Waals surface area contributed by atoms with Crippen molar-refractivity contribution in [3.63, 3.8) is 0 Å². The first-order chi connectivity index (χ1) is 16.7. The minimum atomic E-state index is -0.200. The second-order valence-corrected chi connectivity index (χ2v) is 9.23.